The fourth-order valence-electron chi connectivity index (χ4n) is 3.58. The number of benzene rings is 1. The molecule has 3 heterocycles. The molecule has 6 nitrogen and oxygen atoms in total. The summed E-state index contributed by atoms with van der Waals surface area (Å²) in [6, 6.07) is 8.94. The van der Waals surface area contributed by atoms with Crippen LogP contribution in [-0.4, -0.2) is 45.1 Å². The molecule has 0 spiro atoms. The summed E-state index contributed by atoms with van der Waals surface area (Å²) in [6.45, 7) is 3.51. The molecule has 1 fully saturated rings. The Labute approximate surface area is 171 Å². The lowest BCUT2D eigenvalue weighted by molar-refractivity contribution is -0.142. The molecule has 1 aromatic carbocycles. The molecule has 0 atom stereocenters. The van der Waals surface area contributed by atoms with Crippen LogP contribution >= 0.6 is 0 Å². The summed E-state index contributed by atoms with van der Waals surface area (Å²) >= 11 is 0. The highest BCUT2D eigenvalue weighted by atomic mass is 19.4. The van der Waals surface area contributed by atoms with Gasteiger partial charge in [-0.3, -0.25) is 4.79 Å². The summed E-state index contributed by atoms with van der Waals surface area (Å²) in [4.78, 5) is 18.7. The number of rotatable bonds is 4. The number of likely N-dealkylation sites (tertiary alicyclic amines) is 1. The number of carbonyl (C=O) groups is 1. The van der Waals surface area contributed by atoms with E-state index in [-0.39, 0.29) is 22.9 Å². The number of ether oxygens (including phenoxy) is 1. The lowest BCUT2D eigenvalue weighted by Gasteiger charge is -2.25. The molecular weight excluding hydrogens is 397 g/mol. The van der Waals surface area contributed by atoms with Gasteiger partial charge in [0.25, 0.3) is 5.91 Å². The van der Waals surface area contributed by atoms with Gasteiger partial charge >= 0.3 is 6.18 Å². The van der Waals surface area contributed by atoms with E-state index in [2.05, 4.69) is 10.1 Å². The molecule has 9 heteroatoms. The van der Waals surface area contributed by atoms with Crippen molar-refractivity contribution >= 4 is 11.6 Å². The standard InChI is InChI=1S/C21H21F3N4O2/c1-2-30-15-8-6-14(7-9-15)16-12-18(21(22,23)24)28-19(25-16)13-17(26-28)20(29)27-10-4-3-5-11-27/h6-9,12-13H,2-5,10-11H2,1H3. The van der Waals surface area contributed by atoms with Crippen molar-refractivity contribution in [2.45, 2.75) is 32.4 Å². The Balaban J connectivity index is 1.77. The predicted molar refractivity (Wildman–Crippen MR) is 104 cm³/mol. The number of piperidine rings is 1. The SMILES string of the molecule is CCOc1ccc(-c2cc(C(F)(F)F)n3nc(C(=O)N4CCCCC4)cc3n2)cc1. The molecule has 0 bridgehead atoms. The fraction of sp³-hybridized carbons (Fsp3) is 0.381. The van der Waals surface area contributed by atoms with Gasteiger partial charge in [-0.15, -0.1) is 0 Å². The van der Waals surface area contributed by atoms with Gasteiger partial charge < -0.3 is 9.64 Å². The lowest BCUT2D eigenvalue weighted by Crippen LogP contribution is -2.35. The minimum absolute atomic E-state index is 0.0194. The number of halogens is 3. The van der Waals surface area contributed by atoms with Crippen LogP contribution in [0.4, 0.5) is 13.2 Å². The van der Waals surface area contributed by atoms with E-state index < -0.39 is 11.9 Å². The van der Waals surface area contributed by atoms with E-state index in [4.69, 9.17) is 4.74 Å². The van der Waals surface area contributed by atoms with Crippen LogP contribution in [0.5, 0.6) is 5.75 Å². The zero-order valence-corrected chi connectivity index (χ0v) is 16.4. The number of hydrogen-bond acceptors (Lipinski definition) is 4. The highest BCUT2D eigenvalue weighted by molar-refractivity contribution is 5.93. The highest BCUT2D eigenvalue weighted by Gasteiger charge is 2.36. The maximum Gasteiger partial charge on any atom is 0.433 e. The molecule has 0 saturated carbocycles. The van der Waals surface area contributed by atoms with Crippen molar-refractivity contribution < 1.29 is 22.7 Å². The van der Waals surface area contributed by atoms with Crippen LogP contribution in [-0.2, 0) is 6.18 Å². The predicted octanol–water partition coefficient (Wildman–Crippen LogP) is 4.44. The Hall–Kier alpha value is -3.10. The smallest absolute Gasteiger partial charge is 0.433 e. The Bertz CT molecular complexity index is 1050. The quantitative estimate of drug-likeness (QED) is 0.629. The molecule has 1 aliphatic rings. The number of nitrogens with zero attached hydrogens (tertiary/aromatic N) is 4. The van der Waals surface area contributed by atoms with Crippen molar-refractivity contribution in [3.63, 3.8) is 0 Å². The van der Waals surface area contributed by atoms with E-state index in [1.807, 2.05) is 6.92 Å². The van der Waals surface area contributed by atoms with E-state index in [1.54, 1.807) is 29.2 Å². The molecule has 158 valence electrons. The van der Waals surface area contributed by atoms with Gasteiger partial charge in [0.05, 0.1) is 12.3 Å². The largest absolute Gasteiger partial charge is 0.494 e. The average Bonchev–Trinajstić information content (AvgIpc) is 3.17. The van der Waals surface area contributed by atoms with Crippen LogP contribution in [0.3, 0.4) is 0 Å². The Kier molecular flexibility index (Phi) is 5.36. The lowest BCUT2D eigenvalue weighted by atomic mass is 10.1. The van der Waals surface area contributed by atoms with E-state index in [9.17, 15) is 18.0 Å². The summed E-state index contributed by atoms with van der Waals surface area (Å²) in [6.07, 6.45) is -1.85. The maximum absolute atomic E-state index is 13.7. The van der Waals surface area contributed by atoms with Gasteiger partial charge in [-0.25, -0.2) is 9.50 Å². The highest BCUT2D eigenvalue weighted by Crippen LogP contribution is 2.33. The third-order valence-electron chi connectivity index (χ3n) is 5.04. The first kappa shape index (κ1) is 20.2. The third-order valence-corrected chi connectivity index (χ3v) is 5.04. The second-order valence-corrected chi connectivity index (χ2v) is 7.13. The minimum atomic E-state index is -4.65. The first-order valence-electron chi connectivity index (χ1n) is 9.87. The van der Waals surface area contributed by atoms with Crippen molar-refractivity contribution in [1.29, 1.82) is 0 Å². The van der Waals surface area contributed by atoms with Crippen molar-refractivity contribution in [1.82, 2.24) is 19.5 Å². The van der Waals surface area contributed by atoms with Crippen LogP contribution in [0.1, 0.15) is 42.4 Å². The first-order valence-corrected chi connectivity index (χ1v) is 9.87. The molecule has 1 aliphatic heterocycles. The Morgan fingerprint density at radius 2 is 1.80 bits per heavy atom. The number of fused-ring (bicyclic) bond motifs is 1. The van der Waals surface area contributed by atoms with Crippen molar-refractivity contribution in [3.8, 4) is 17.0 Å². The molecule has 0 unspecified atom stereocenters. The van der Waals surface area contributed by atoms with E-state index in [0.717, 1.165) is 25.3 Å². The molecule has 0 radical (unpaired) electrons. The topological polar surface area (TPSA) is 59.7 Å². The van der Waals surface area contributed by atoms with Crippen molar-refractivity contribution in [2.75, 3.05) is 19.7 Å². The fourth-order valence-corrected chi connectivity index (χ4v) is 3.58. The monoisotopic (exact) mass is 418 g/mol. The zero-order chi connectivity index (χ0) is 21.3. The van der Waals surface area contributed by atoms with Crippen LogP contribution in [0.2, 0.25) is 0 Å². The molecule has 4 rings (SSSR count). The summed E-state index contributed by atoms with van der Waals surface area (Å²) in [7, 11) is 0. The molecule has 2 aromatic heterocycles. The summed E-state index contributed by atoms with van der Waals surface area (Å²) < 4.78 is 47.3. The molecule has 30 heavy (non-hydrogen) atoms. The summed E-state index contributed by atoms with van der Waals surface area (Å²) in [5, 5.41) is 3.95. The number of hydrogen-bond donors (Lipinski definition) is 0. The van der Waals surface area contributed by atoms with Gasteiger partial charge in [0, 0.05) is 24.7 Å². The second-order valence-electron chi connectivity index (χ2n) is 7.13. The Morgan fingerprint density at radius 1 is 1.10 bits per heavy atom. The maximum atomic E-state index is 13.7. The number of carbonyl (C=O) groups excluding carboxylic acids is 1. The Morgan fingerprint density at radius 3 is 2.43 bits per heavy atom. The van der Waals surface area contributed by atoms with Crippen molar-refractivity contribution in [2.24, 2.45) is 0 Å². The first-order chi connectivity index (χ1) is 14.4. The molecule has 3 aromatic rings. The van der Waals surface area contributed by atoms with Crippen LogP contribution in [0.25, 0.3) is 16.9 Å². The van der Waals surface area contributed by atoms with Gasteiger partial charge in [0.2, 0.25) is 0 Å². The second kappa shape index (κ2) is 7.97. The molecule has 1 amide bonds. The van der Waals surface area contributed by atoms with E-state index >= 15 is 0 Å². The van der Waals surface area contributed by atoms with Crippen LogP contribution in [0.15, 0.2) is 36.4 Å². The van der Waals surface area contributed by atoms with Gasteiger partial charge in [-0.2, -0.15) is 18.3 Å². The molecular formula is C21H21F3N4O2. The van der Waals surface area contributed by atoms with E-state index in [1.165, 1.54) is 6.07 Å². The zero-order valence-electron chi connectivity index (χ0n) is 16.4. The number of aromatic nitrogens is 3. The van der Waals surface area contributed by atoms with Crippen LogP contribution < -0.4 is 4.74 Å². The van der Waals surface area contributed by atoms with Crippen LogP contribution in [0, 0.1) is 0 Å². The number of amides is 1. The molecule has 0 aliphatic carbocycles. The normalized spacial score (nSPS) is 14.9. The summed E-state index contributed by atoms with van der Waals surface area (Å²) in [5.41, 5.74) is -0.367. The third kappa shape index (κ3) is 3.96. The minimum Gasteiger partial charge on any atom is -0.494 e. The molecule has 0 N–H and O–H groups in total. The summed E-state index contributed by atoms with van der Waals surface area (Å²) in [5.74, 6) is 0.257. The van der Waals surface area contributed by atoms with Crippen molar-refractivity contribution in [3.05, 3.63) is 47.8 Å². The van der Waals surface area contributed by atoms with Gasteiger partial charge in [-0.05, 0) is 56.5 Å². The molecule has 1 saturated heterocycles. The number of alkyl halides is 3. The van der Waals surface area contributed by atoms with E-state index in [0.29, 0.717) is 35.5 Å². The van der Waals surface area contributed by atoms with Gasteiger partial charge in [0.15, 0.2) is 17.0 Å². The average molecular weight is 418 g/mol. The van der Waals surface area contributed by atoms with Gasteiger partial charge in [0.1, 0.15) is 5.75 Å². The van der Waals surface area contributed by atoms with Gasteiger partial charge in [-0.1, -0.05) is 0 Å².